The van der Waals surface area contributed by atoms with E-state index in [1.165, 1.54) is 0 Å². The second kappa shape index (κ2) is 9.97. The standard InChI is InChI=1S/C23H29N7O/c1-6-31-23-17(8-7-10-26-23)18-12-19(27-13-20-25-11-9-15(4)29-20)22(28-14(2)3)21(30-18)16(5)24/h7-12,14,24,28H,6,13H2,1-5H3,(H,27,30). The van der Waals surface area contributed by atoms with Crippen LogP contribution in [0.25, 0.3) is 11.3 Å². The quantitative estimate of drug-likeness (QED) is 0.439. The molecule has 0 unspecified atom stereocenters. The van der Waals surface area contributed by atoms with Crippen LogP contribution >= 0.6 is 0 Å². The molecule has 3 rings (SSSR count). The van der Waals surface area contributed by atoms with Crippen LogP contribution in [0.5, 0.6) is 5.88 Å². The van der Waals surface area contributed by atoms with Gasteiger partial charge in [0.05, 0.1) is 41.5 Å². The Bertz CT molecular complexity index is 1070. The summed E-state index contributed by atoms with van der Waals surface area (Å²) in [6.45, 7) is 10.7. The zero-order chi connectivity index (χ0) is 22.4. The number of nitrogens with one attached hydrogen (secondary N) is 3. The van der Waals surface area contributed by atoms with E-state index in [9.17, 15) is 0 Å². The SMILES string of the molecule is CCOc1ncccc1-c1cc(NCc2nccc(C)n2)c(NC(C)C)c(C(C)=N)n1. The number of hydrogen-bond donors (Lipinski definition) is 3. The van der Waals surface area contributed by atoms with Gasteiger partial charge in [0, 0.05) is 24.1 Å². The summed E-state index contributed by atoms with van der Waals surface area (Å²) in [6, 6.07) is 7.76. The molecule has 3 N–H and O–H groups in total. The van der Waals surface area contributed by atoms with Gasteiger partial charge in [-0.1, -0.05) is 0 Å². The van der Waals surface area contributed by atoms with E-state index in [1.54, 1.807) is 19.3 Å². The molecule has 8 heteroatoms. The topological polar surface area (TPSA) is 109 Å². The number of ether oxygens (including phenoxy) is 1. The Hall–Kier alpha value is -3.55. The molecule has 31 heavy (non-hydrogen) atoms. The smallest absolute Gasteiger partial charge is 0.222 e. The fourth-order valence-corrected chi connectivity index (χ4v) is 3.13. The van der Waals surface area contributed by atoms with Crippen LogP contribution in [0, 0.1) is 12.3 Å². The van der Waals surface area contributed by atoms with Gasteiger partial charge in [0.1, 0.15) is 11.5 Å². The van der Waals surface area contributed by atoms with E-state index < -0.39 is 0 Å². The zero-order valence-electron chi connectivity index (χ0n) is 18.7. The van der Waals surface area contributed by atoms with E-state index in [2.05, 4.69) is 39.4 Å². The maximum Gasteiger partial charge on any atom is 0.222 e. The minimum atomic E-state index is 0.166. The second-order valence-electron chi connectivity index (χ2n) is 7.46. The van der Waals surface area contributed by atoms with Gasteiger partial charge in [-0.25, -0.2) is 19.9 Å². The maximum absolute atomic E-state index is 8.33. The largest absolute Gasteiger partial charge is 0.477 e. The van der Waals surface area contributed by atoms with Crippen LogP contribution in [-0.4, -0.2) is 38.3 Å². The van der Waals surface area contributed by atoms with Crippen molar-refractivity contribution in [1.29, 1.82) is 5.41 Å². The van der Waals surface area contributed by atoms with Crippen LogP contribution in [0.3, 0.4) is 0 Å². The van der Waals surface area contributed by atoms with Gasteiger partial charge < -0.3 is 20.8 Å². The molecule has 3 heterocycles. The number of rotatable bonds is 9. The highest BCUT2D eigenvalue weighted by Crippen LogP contribution is 2.34. The van der Waals surface area contributed by atoms with Gasteiger partial charge >= 0.3 is 0 Å². The molecular formula is C23H29N7O. The van der Waals surface area contributed by atoms with Gasteiger partial charge in [0.25, 0.3) is 0 Å². The number of anilines is 2. The van der Waals surface area contributed by atoms with Crippen molar-refractivity contribution in [3.05, 3.63) is 53.9 Å². The molecule has 0 fully saturated rings. The van der Waals surface area contributed by atoms with E-state index in [-0.39, 0.29) is 6.04 Å². The molecule has 0 saturated carbocycles. The average Bonchev–Trinajstić information content (AvgIpc) is 2.73. The van der Waals surface area contributed by atoms with Crippen molar-refractivity contribution in [3.63, 3.8) is 0 Å². The number of aromatic nitrogens is 4. The molecule has 0 saturated heterocycles. The highest BCUT2D eigenvalue weighted by Gasteiger charge is 2.18. The lowest BCUT2D eigenvalue weighted by atomic mass is 10.1. The predicted octanol–water partition coefficient (Wildman–Crippen LogP) is 4.46. The number of aryl methyl sites for hydroxylation is 1. The first-order chi connectivity index (χ1) is 14.9. The van der Waals surface area contributed by atoms with E-state index in [4.69, 9.17) is 15.1 Å². The summed E-state index contributed by atoms with van der Waals surface area (Å²) in [5.74, 6) is 1.21. The third-order valence-electron chi connectivity index (χ3n) is 4.42. The Labute approximate surface area is 183 Å². The maximum atomic E-state index is 8.33. The number of pyridine rings is 2. The Kier molecular flexibility index (Phi) is 7.12. The minimum Gasteiger partial charge on any atom is -0.477 e. The first-order valence-corrected chi connectivity index (χ1v) is 10.4. The van der Waals surface area contributed by atoms with Crippen LogP contribution in [0.4, 0.5) is 11.4 Å². The van der Waals surface area contributed by atoms with Crippen molar-refractivity contribution < 1.29 is 4.74 Å². The van der Waals surface area contributed by atoms with Crippen LogP contribution in [0.15, 0.2) is 36.7 Å². The van der Waals surface area contributed by atoms with Gasteiger partial charge in [0.2, 0.25) is 5.88 Å². The Morgan fingerprint density at radius 1 is 1.16 bits per heavy atom. The van der Waals surface area contributed by atoms with E-state index in [1.807, 2.05) is 38.1 Å². The van der Waals surface area contributed by atoms with Gasteiger partial charge in [0.15, 0.2) is 0 Å². The molecule has 0 aliphatic heterocycles. The van der Waals surface area contributed by atoms with E-state index in [0.717, 1.165) is 22.6 Å². The molecular weight excluding hydrogens is 390 g/mol. The summed E-state index contributed by atoms with van der Waals surface area (Å²) in [5, 5.41) is 15.2. The molecule has 0 radical (unpaired) electrons. The monoisotopic (exact) mass is 419 g/mol. The molecule has 0 aliphatic rings. The van der Waals surface area contributed by atoms with Crippen LogP contribution in [0.1, 0.15) is 44.9 Å². The van der Waals surface area contributed by atoms with Crippen LogP contribution in [0.2, 0.25) is 0 Å². The molecule has 3 aromatic rings. The van der Waals surface area contributed by atoms with E-state index >= 15 is 0 Å². The molecule has 0 atom stereocenters. The summed E-state index contributed by atoms with van der Waals surface area (Å²) in [7, 11) is 0. The lowest BCUT2D eigenvalue weighted by Crippen LogP contribution is -2.17. The number of hydrogen-bond acceptors (Lipinski definition) is 8. The fraction of sp³-hybridized carbons (Fsp3) is 0.348. The second-order valence-corrected chi connectivity index (χ2v) is 7.46. The molecule has 0 aliphatic carbocycles. The van der Waals surface area contributed by atoms with E-state index in [0.29, 0.717) is 42.0 Å². The third kappa shape index (κ3) is 5.53. The van der Waals surface area contributed by atoms with Crippen LogP contribution in [-0.2, 0) is 6.54 Å². The fourth-order valence-electron chi connectivity index (χ4n) is 3.13. The molecule has 3 aromatic heterocycles. The normalized spacial score (nSPS) is 10.8. The van der Waals surface area contributed by atoms with Crippen molar-refractivity contribution in [2.24, 2.45) is 0 Å². The van der Waals surface area contributed by atoms with Gasteiger partial charge in [-0.05, 0) is 58.9 Å². The molecule has 162 valence electrons. The Morgan fingerprint density at radius 2 is 1.97 bits per heavy atom. The average molecular weight is 420 g/mol. The molecule has 0 spiro atoms. The lowest BCUT2D eigenvalue weighted by Gasteiger charge is -2.21. The zero-order valence-corrected chi connectivity index (χ0v) is 18.7. The summed E-state index contributed by atoms with van der Waals surface area (Å²) in [4.78, 5) is 18.0. The summed E-state index contributed by atoms with van der Waals surface area (Å²) in [6.07, 6.45) is 3.45. The highest BCUT2D eigenvalue weighted by molar-refractivity contribution is 6.03. The summed E-state index contributed by atoms with van der Waals surface area (Å²) < 4.78 is 5.71. The Morgan fingerprint density at radius 3 is 2.65 bits per heavy atom. The first kappa shape index (κ1) is 22.1. The highest BCUT2D eigenvalue weighted by atomic mass is 16.5. The van der Waals surface area contributed by atoms with Gasteiger partial charge in [-0.2, -0.15) is 0 Å². The lowest BCUT2D eigenvalue weighted by molar-refractivity contribution is 0.328. The molecule has 0 aromatic carbocycles. The van der Waals surface area contributed by atoms with Crippen LogP contribution < -0.4 is 15.4 Å². The molecule has 8 nitrogen and oxygen atoms in total. The number of nitrogens with zero attached hydrogens (tertiary/aromatic N) is 4. The van der Waals surface area contributed by atoms with Crippen molar-refractivity contribution in [3.8, 4) is 17.1 Å². The van der Waals surface area contributed by atoms with Crippen molar-refractivity contribution in [2.75, 3.05) is 17.2 Å². The summed E-state index contributed by atoms with van der Waals surface area (Å²) >= 11 is 0. The minimum absolute atomic E-state index is 0.166. The van der Waals surface area contributed by atoms with Crippen molar-refractivity contribution in [2.45, 2.75) is 47.2 Å². The predicted molar refractivity (Wildman–Crippen MR) is 124 cm³/mol. The van der Waals surface area contributed by atoms with Gasteiger partial charge in [-0.3, -0.25) is 0 Å². The third-order valence-corrected chi connectivity index (χ3v) is 4.42. The molecule has 0 amide bonds. The Balaban J connectivity index is 2.10. The van der Waals surface area contributed by atoms with Crippen molar-refractivity contribution >= 4 is 17.1 Å². The van der Waals surface area contributed by atoms with Crippen molar-refractivity contribution in [1.82, 2.24) is 19.9 Å². The van der Waals surface area contributed by atoms with Gasteiger partial charge in [-0.15, -0.1) is 0 Å². The summed E-state index contributed by atoms with van der Waals surface area (Å²) in [5.41, 5.74) is 4.90. The molecule has 0 bridgehead atoms. The first-order valence-electron chi connectivity index (χ1n) is 10.4.